The van der Waals surface area contributed by atoms with Gasteiger partial charge in [-0.25, -0.2) is 0 Å². The molecule has 1 rings (SSSR count). The summed E-state index contributed by atoms with van der Waals surface area (Å²) in [6.45, 7) is 6.47. The molecule has 5 heteroatoms. The third-order valence-corrected chi connectivity index (χ3v) is 3.35. The Hall–Kier alpha value is -0.680. The standard InChI is InChI=1S/C12H20BrN3O/c1-4-5-9(6-14)12(17)11-10(13)7-15-16(11)8(2)3/h7-9H,4-6,14H2,1-3H3. The Morgan fingerprint density at radius 2 is 2.24 bits per heavy atom. The molecule has 1 atom stereocenters. The molecule has 0 radical (unpaired) electrons. The molecule has 0 bridgehead atoms. The van der Waals surface area contributed by atoms with Crippen LogP contribution in [-0.2, 0) is 0 Å². The van der Waals surface area contributed by atoms with Crippen LogP contribution in [0, 0.1) is 5.92 Å². The van der Waals surface area contributed by atoms with Gasteiger partial charge in [0, 0.05) is 18.5 Å². The van der Waals surface area contributed by atoms with Crippen LogP contribution in [0.3, 0.4) is 0 Å². The van der Waals surface area contributed by atoms with E-state index in [1.165, 1.54) is 0 Å². The maximum Gasteiger partial charge on any atom is 0.186 e. The molecular formula is C12H20BrN3O. The van der Waals surface area contributed by atoms with Gasteiger partial charge in [0.25, 0.3) is 0 Å². The zero-order valence-electron chi connectivity index (χ0n) is 10.6. The van der Waals surface area contributed by atoms with Gasteiger partial charge in [0.2, 0.25) is 0 Å². The van der Waals surface area contributed by atoms with E-state index in [-0.39, 0.29) is 17.7 Å². The maximum atomic E-state index is 12.4. The number of Topliss-reactive ketones (excluding diaryl/α,β-unsaturated/α-hetero) is 1. The van der Waals surface area contributed by atoms with E-state index >= 15 is 0 Å². The van der Waals surface area contributed by atoms with Crippen molar-refractivity contribution in [1.82, 2.24) is 9.78 Å². The predicted molar refractivity (Wildman–Crippen MR) is 72.1 cm³/mol. The molecule has 4 nitrogen and oxygen atoms in total. The Morgan fingerprint density at radius 3 is 2.71 bits per heavy atom. The van der Waals surface area contributed by atoms with Gasteiger partial charge in [-0.05, 0) is 36.2 Å². The maximum absolute atomic E-state index is 12.4. The Labute approximate surface area is 111 Å². The van der Waals surface area contributed by atoms with E-state index in [1.54, 1.807) is 10.9 Å². The summed E-state index contributed by atoms with van der Waals surface area (Å²) < 4.78 is 2.51. The van der Waals surface area contributed by atoms with E-state index in [0.29, 0.717) is 12.2 Å². The first-order valence-corrected chi connectivity index (χ1v) is 6.79. The molecule has 0 aliphatic rings. The van der Waals surface area contributed by atoms with Crippen LogP contribution in [0.1, 0.15) is 50.1 Å². The van der Waals surface area contributed by atoms with Crippen molar-refractivity contribution in [2.24, 2.45) is 11.7 Å². The molecule has 2 N–H and O–H groups in total. The number of hydrogen-bond donors (Lipinski definition) is 1. The van der Waals surface area contributed by atoms with Crippen LogP contribution in [0.2, 0.25) is 0 Å². The van der Waals surface area contributed by atoms with E-state index in [1.807, 2.05) is 13.8 Å². The van der Waals surface area contributed by atoms with Gasteiger partial charge < -0.3 is 5.73 Å². The van der Waals surface area contributed by atoms with Gasteiger partial charge in [-0.1, -0.05) is 13.3 Å². The van der Waals surface area contributed by atoms with Crippen LogP contribution < -0.4 is 5.73 Å². The van der Waals surface area contributed by atoms with E-state index < -0.39 is 0 Å². The van der Waals surface area contributed by atoms with Crippen molar-refractivity contribution in [1.29, 1.82) is 0 Å². The molecule has 0 spiro atoms. The van der Waals surface area contributed by atoms with Gasteiger partial charge in [-0.2, -0.15) is 5.10 Å². The molecule has 0 saturated heterocycles. The highest BCUT2D eigenvalue weighted by molar-refractivity contribution is 9.10. The highest BCUT2D eigenvalue weighted by Gasteiger charge is 2.25. The van der Waals surface area contributed by atoms with Crippen LogP contribution >= 0.6 is 15.9 Å². The second-order valence-electron chi connectivity index (χ2n) is 4.46. The lowest BCUT2D eigenvalue weighted by Crippen LogP contribution is -2.26. The molecule has 1 aromatic heterocycles. The lowest BCUT2D eigenvalue weighted by molar-refractivity contribution is 0.0903. The van der Waals surface area contributed by atoms with Gasteiger partial charge in [-0.15, -0.1) is 0 Å². The third-order valence-electron chi connectivity index (χ3n) is 2.77. The summed E-state index contributed by atoms with van der Waals surface area (Å²) in [5.41, 5.74) is 6.32. The normalized spacial score (nSPS) is 13.1. The number of hydrogen-bond acceptors (Lipinski definition) is 3. The van der Waals surface area contributed by atoms with Crippen molar-refractivity contribution in [3.63, 3.8) is 0 Å². The molecule has 1 heterocycles. The molecule has 96 valence electrons. The van der Waals surface area contributed by atoms with Crippen LogP contribution in [0.4, 0.5) is 0 Å². The minimum absolute atomic E-state index is 0.0902. The third kappa shape index (κ3) is 3.16. The van der Waals surface area contributed by atoms with Crippen LogP contribution in [0.15, 0.2) is 10.7 Å². The first kappa shape index (κ1) is 14.4. The van der Waals surface area contributed by atoms with Gasteiger partial charge in [0.05, 0.1) is 10.7 Å². The van der Waals surface area contributed by atoms with Crippen molar-refractivity contribution in [2.75, 3.05) is 6.54 Å². The predicted octanol–water partition coefficient (Wildman–Crippen LogP) is 2.78. The minimum Gasteiger partial charge on any atom is -0.330 e. The summed E-state index contributed by atoms with van der Waals surface area (Å²) in [6, 6.07) is 0.167. The lowest BCUT2D eigenvalue weighted by atomic mass is 9.96. The van der Waals surface area contributed by atoms with Crippen molar-refractivity contribution >= 4 is 21.7 Å². The summed E-state index contributed by atoms with van der Waals surface area (Å²) in [7, 11) is 0. The zero-order valence-corrected chi connectivity index (χ0v) is 12.2. The fourth-order valence-corrected chi connectivity index (χ4v) is 2.33. The molecule has 0 fully saturated rings. The quantitative estimate of drug-likeness (QED) is 0.822. The average Bonchev–Trinajstić information content (AvgIpc) is 2.67. The first-order chi connectivity index (χ1) is 8.02. The molecular weight excluding hydrogens is 282 g/mol. The molecule has 0 aromatic carbocycles. The van der Waals surface area contributed by atoms with Gasteiger partial charge in [0.15, 0.2) is 5.78 Å². The second-order valence-corrected chi connectivity index (χ2v) is 5.32. The number of aromatic nitrogens is 2. The molecule has 0 aliphatic heterocycles. The number of ketones is 1. The Balaban J connectivity index is 3.05. The molecule has 0 aliphatic carbocycles. The average molecular weight is 302 g/mol. The summed E-state index contributed by atoms with van der Waals surface area (Å²) in [5, 5.41) is 4.22. The summed E-state index contributed by atoms with van der Waals surface area (Å²) >= 11 is 3.39. The number of nitrogens with two attached hydrogens (primary N) is 1. The Morgan fingerprint density at radius 1 is 1.59 bits per heavy atom. The van der Waals surface area contributed by atoms with Crippen molar-refractivity contribution in [3.05, 3.63) is 16.4 Å². The minimum atomic E-state index is -0.106. The molecule has 17 heavy (non-hydrogen) atoms. The fraction of sp³-hybridized carbons (Fsp3) is 0.667. The Kier molecular flexibility index (Phi) is 5.33. The molecule has 1 aromatic rings. The van der Waals surface area contributed by atoms with Crippen molar-refractivity contribution in [2.45, 2.75) is 39.7 Å². The number of nitrogens with zero attached hydrogens (tertiary/aromatic N) is 2. The second kappa shape index (κ2) is 6.31. The number of carbonyl (C=O) groups is 1. The smallest absolute Gasteiger partial charge is 0.186 e. The van der Waals surface area contributed by atoms with Crippen LogP contribution in [0.25, 0.3) is 0 Å². The number of halogens is 1. The monoisotopic (exact) mass is 301 g/mol. The SMILES string of the molecule is CCCC(CN)C(=O)c1c(Br)cnn1C(C)C. The van der Waals surface area contributed by atoms with E-state index in [0.717, 1.165) is 17.3 Å². The summed E-state index contributed by atoms with van der Waals surface area (Å²) in [6.07, 6.45) is 3.46. The van der Waals surface area contributed by atoms with Gasteiger partial charge >= 0.3 is 0 Å². The van der Waals surface area contributed by atoms with Crippen molar-refractivity contribution in [3.8, 4) is 0 Å². The van der Waals surface area contributed by atoms with E-state index in [2.05, 4.69) is 28.0 Å². The van der Waals surface area contributed by atoms with E-state index in [9.17, 15) is 4.79 Å². The molecule has 0 saturated carbocycles. The molecule has 1 unspecified atom stereocenters. The lowest BCUT2D eigenvalue weighted by Gasteiger charge is -2.16. The first-order valence-electron chi connectivity index (χ1n) is 6.00. The van der Waals surface area contributed by atoms with Crippen LogP contribution in [-0.4, -0.2) is 22.1 Å². The fourth-order valence-electron chi connectivity index (χ4n) is 1.86. The largest absolute Gasteiger partial charge is 0.330 e. The summed E-state index contributed by atoms with van der Waals surface area (Å²) in [4.78, 5) is 12.4. The van der Waals surface area contributed by atoms with Gasteiger partial charge in [0.1, 0.15) is 5.69 Å². The molecule has 0 amide bonds. The number of carbonyl (C=O) groups excluding carboxylic acids is 1. The van der Waals surface area contributed by atoms with E-state index in [4.69, 9.17) is 5.73 Å². The zero-order chi connectivity index (χ0) is 13.0. The topological polar surface area (TPSA) is 60.9 Å². The highest BCUT2D eigenvalue weighted by Crippen LogP contribution is 2.24. The Bertz CT molecular complexity index is 387. The summed E-state index contributed by atoms with van der Waals surface area (Å²) in [5.74, 6) is -0.0158. The van der Waals surface area contributed by atoms with Gasteiger partial charge in [-0.3, -0.25) is 9.48 Å². The van der Waals surface area contributed by atoms with Crippen molar-refractivity contribution < 1.29 is 4.79 Å². The van der Waals surface area contributed by atoms with Crippen LogP contribution in [0.5, 0.6) is 0 Å². The number of rotatable bonds is 6. The highest BCUT2D eigenvalue weighted by atomic mass is 79.9.